The van der Waals surface area contributed by atoms with Crippen LogP contribution in [0.25, 0.3) is 0 Å². The molecule has 2 aliphatic heterocycles. The monoisotopic (exact) mass is 272 g/mol. The van der Waals surface area contributed by atoms with Crippen molar-refractivity contribution in [3.8, 4) is 0 Å². The predicted octanol–water partition coefficient (Wildman–Crippen LogP) is -0.0226. The Morgan fingerprint density at radius 1 is 1.53 bits per heavy atom. The SMILES string of the molecule is C=C[C@H](C)[C@@]1(O)C(=O)O[C@H]([C@@H]2COC(C)(C)O2)[C@@H]1O. The fourth-order valence-electron chi connectivity index (χ4n) is 2.45. The van der Waals surface area contributed by atoms with Gasteiger partial charge in [0, 0.05) is 5.92 Å². The number of ether oxygens (including phenoxy) is 3. The summed E-state index contributed by atoms with van der Waals surface area (Å²) >= 11 is 0. The summed E-state index contributed by atoms with van der Waals surface area (Å²) in [6, 6.07) is 0. The van der Waals surface area contributed by atoms with Gasteiger partial charge in [0.1, 0.15) is 12.2 Å². The summed E-state index contributed by atoms with van der Waals surface area (Å²) in [6.07, 6.45) is -1.51. The molecule has 0 aromatic rings. The molecule has 2 N–H and O–H groups in total. The van der Waals surface area contributed by atoms with Crippen molar-refractivity contribution in [3.05, 3.63) is 12.7 Å². The van der Waals surface area contributed by atoms with Gasteiger partial charge in [-0.3, -0.25) is 0 Å². The molecular weight excluding hydrogens is 252 g/mol. The predicted molar refractivity (Wildman–Crippen MR) is 65.1 cm³/mol. The first-order valence-electron chi connectivity index (χ1n) is 6.28. The van der Waals surface area contributed by atoms with Crippen molar-refractivity contribution in [2.75, 3.05) is 6.61 Å². The molecule has 2 saturated heterocycles. The molecule has 6 nitrogen and oxygen atoms in total. The Labute approximate surface area is 112 Å². The maximum Gasteiger partial charge on any atom is 0.342 e. The number of cyclic esters (lactones) is 1. The van der Waals surface area contributed by atoms with Crippen LogP contribution in [0.2, 0.25) is 0 Å². The minimum Gasteiger partial charge on any atom is -0.454 e. The van der Waals surface area contributed by atoms with Gasteiger partial charge in [-0.25, -0.2) is 4.79 Å². The summed E-state index contributed by atoms with van der Waals surface area (Å²) in [5, 5.41) is 20.6. The topological polar surface area (TPSA) is 85.2 Å². The lowest BCUT2D eigenvalue weighted by atomic mass is 9.83. The van der Waals surface area contributed by atoms with E-state index < -0.39 is 41.6 Å². The first-order chi connectivity index (χ1) is 8.72. The highest BCUT2D eigenvalue weighted by Crippen LogP contribution is 2.38. The van der Waals surface area contributed by atoms with Gasteiger partial charge in [-0.2, -0.15) is 0 Å². The molecule has 108 valence electrons. The van der Waals surface area contributed by atoms with E-state index in [1.54, 1.807) is 20.8 Å². The standard InChI is InChI=1S/C13H20O6/c1-5-7(2)13(16)10(14)9(18-11(13)15)8-6-17-12(3,4)19-8/h5,7-10,14,16H,1,6H2,2-4H3/t7-,8-,9+,10-,13-/m0/s1. The number of rotatable bonds is 3. The molecule has 0 saturated carbocycles. The van der Waals surface area contributed by atoms with Crippen LogP contribution in [0.15, 0.2) is 12.7 Å². The van der Waals surface area contributed by atoms with E-state index in [2.05, 4.69) is 6.58 Å². The van der Waals surface area contributed by atoms with Crippen LogP contribution < -0.4 is 0 Å². The third-order valence-corrected chi connectivity index (χ3v) is 3.78. The second-order valence-electron chi connectivity index (χ2n) is 5.53. The highest BCUT2D eigenvalue weighted by molar-refractivity contribution is 5.83. The molecule has 2 heterocycles. The van der Waals surface area contributed by atoms with Gasteiger partial charge < -0.3 is 24.4 Å². The summed E-state index contributed by atoms with van der Waals surface area (Å²) < 4.78 is 16.0. The van der Waals surface area contributed by atoms with Gasteiger partial charge in [0.2, 0.25) is 0 Å². The zero-order valence-corrected chi connectivity index (χ0v) is 11.3. The number of carbonyl (C=O) groups is 1. The number of aliphatic hydroxyl groups is 2. The van der Waals surface area contributed by atoms with E-state index in [1.165, 1.54) is 6.08 Å². The van der Waals surface area contributed by atoms with Crippen molar-refractivity contribution < 1.29 is 29.2 Å². The van der Waals surface area contributed by atoms with Gasteiger partial charge in [-0.15, -0.1) is 6.58 Å². The van der Waals surface area contributed by atoms with Gasteiger partial charge in [-0.05, 0) is 13.8 Å². The van der Waals surface area contributed by atoms with E-state index in [9.17, 15) is 15.0 Å². The Morgan fingerprint density at radius 2 is 2.16 bits per heavy atom. The highest BCUT2D eigenvalue weighted by atomic mass is 16.8. The summed E-state index contributed by atoms with van der Waals surface area (Å²) in [4.78, 5) is 11.9. The Hall–Kier alpha value is -0.950. The minimum absolute atomic E-state index is 0.195. The maximum atomic E-state index is 11.9. The van der Waals surface area contributed by atoms with Crippen molar-refractivity contribution in [2.24, 2.45) is 5.92 Å². The average Bonchev–Trinajstić information content (AvgIpc) is 2.81. The lowest BCUT2D eigenvalue weighted by Crippen LogP contribution is -2.52. The quantitative estimate of drug-likeness (QED) is 0.554. The third-order valence-electron chi connectivity index (χ3n) is 3.78. The molecule has 0 aromatic heterocycles. The van der Waals surface area contributed by atoms with Crippen LogP contribution in [0, 0.1) is 5.92 Å². The number of carbonyl (C=O) groups excluding carboxylic acids is 1. The first-order valence-corrected chi connectivity index (χ1v) is 6.28. The number of hydrogen-bond donors (Lipinski definition) is 2. The van der Waals surface area contributed by atoms with E-state index in [1.807, 2.05) is 0 Å². The molecule has 2 rings (SSSR count). The molecule has 6 heteroatoms. The molecule has 0 spiro atoms. The van der Waals surface area contributed by atoms with Gasteiger partial charge >= 0.3 is 5.97 Å². The van der Waals surface area contributed by atoms with E-state index in [0.717, 1.165) is 0 Å². The van der Waals surface area contributed by atoms with Crippen LogP contribution in [-0.2, 0) is 19.0 Å². The van der Waals surface area contributed by atoms with Crippen LogP contribution in [-0.4, -0.2) is 52.5 Å². The molecule has 0 radical (unpaired) electrons. The summed E-state index contributed by atoms with van der Waals surface area (Å²) in [7, 11) is 0. The maximum absolute atomic E-state index is 11.9. The fraction of sp³-hybridized carbons (Fsp3) is 0.769. The van der Waals surface area contributed by atoms with Gasteiger partial charge in [-0.1, -0.05) is 13.0 Å². The lowest BCUT2D eigenvalue weighted by Gasteiger charge is -2.28. The first kappa shape index (κ1) is 14.5. The molecule has 2 aliphatic rings. The molecule has 2 fully saturated rings. The van der Waals surface area contributed by atoms with Crippen LogP contribution >= 0.6 is 0 Å². The van der Waals surface area contributed by atoms with Crippen molar-refractivity contribution in [3.63, 3.8) is 0 Å². The van der Waals surface area contributed by atoms with Crippen LogP contribution in [0.4, 0.5) is 0 Å². The Morgan fingerprint density at radius 3 is 2.63 bits per heavy atom. The molecule has 0 aliphatic carbocycles. The van der Waals surface area contributed by atoms with E-state index >= 15 is 0 Å². The number of esters is 1. The zero-order chi connectivity index (χ0) is 14.4. The van der Waals surface area contributed by atoms with Crippen LogP contribution in [0.5, 0.6) is 0 Å². The molecular formula is C13H20O6. The van der Waals surface area contributed by atoms with Crippen molar-refractivity contribution in [1.82, 2.24) is 0 Å². The molecule has 0 unspecified atom stereocenters. The Bertz CT molecular complexity index is 393. The van der Waals surface area contributed by atoms with Crippen molar-refractivity contribution >= 4 is 5.97 Å². The fourth-order valence-corrected chi connectivity index (χ4v) is 2.45. The van der Waals surface area contributed by atoms with Gasteiger partial charge in [0.25, 0.3) is 0 Å². The average molecular weight is 272 g/mol. The van der Waals surface area contributed by atoms with Crippen molar-refractivity contribution in [2.45, 2.75) is 50.5 Å². The number of hydrogen-bond acceptors (Lipinski definition) is 6. The van der Waals surface area contributed by atoms with Gasteiger partial charge in [0.05, 0.1) is 6.61 Å². The minimum atomic E-state index is -1.98. The largest absolute Gasteiger partial charge is 0.454 e. The van der Waals surface area contributed by atoms with Crippen molar-refractivity contribution in [1.29, 1.82) is 0 Å². The Balaban J connectivity index is 2.19. The molecule has 0 bridgehead atoms. The van der Waals surface area contributed by atoms with E-state index in [0.29, 0.717) is 0 Å². The zero-order valence-electron chi connectivity index (χ0n) is 11.3. The van der Waals surface area contributed by atoms with E-state index in [4.69, 9.17) is 14.2 Å². The van der Waals surface area contributed by atoms with Crippen LogP contribution in [0.3, 0.4) is 0 Å². The van der Waals surface area contributed by atoms with E-state index in [-0.39, 0.29) is 6.61 Å². The molecule has 5 atom stereocenters. The smallest absolute Gasteiger partial charge is 0.342 e. The second-order valence-corrected chi connectivity index (χ2v) is 5.53. The van der Waals surface area contributed by atoms with Crippen LogP contribution in [0.1, 0.15) is 20.8 Å². The third kappa shape index (κ3) is 2.18. The van der Waals surface area contributed by atoms with Gasteiger partial charge in [0.15, 0.2) is 17.5 Å². The molecule has 0 amide bonds. The molecule has 19 heavy (non-hydrogen) atoms. The summed E-state index contributed by atoms with van der Waals surface area (Å²) in [6.45, 7) is 8.78. The second kappa shape index (κ2) is 4.56. The molecule has 0 aromatic carbocycles. The number of aliphatic hydroxyl groups excluding tert-OH is 1. The summed E-state index contributed by atoms with van der Waals surface area (Å²) in [5.74, 6) is -2.28. The normalized spacial score (nSPS) is 43.0. The highest BCUT2D eigenvalue weighted by Gasteiger charge is 2.61. The Kier molecular flexibility index (Phi) is 3.47. The lowest BCUT2D eigenvalue weighted by molar-refractivity contribution is -0.167. The summed E-state index contributed by atoms with van der Waals surface area (Å²) in [5.41, 5.74) is -1.98.